The number of amides is 2. The van der Waals surface area contributed by atoms with Gasteiger partial charge in [-0.25, -0.2) is 0 Å². The van der Waals surface area contributed by atoms with Crippen LogP contribution in [0.4, 0.5) is 0 Å². The molecule has 1 fully saturated rings. The number of piperidine rings is 1. The molecule has 1 aromatic rings. The molecule has 5 heteroatoms. The highest BCUT2D eigenvalue weighted by Crippen LogP contribution is 2.16. The first-order valence-corrected chi connectivity index (χ1v) is 6.11. The summed E-state index contributed by atoms with van der Waals surface area (Å²) in [7, 11) is 0. The molecule has 2 rings (SSSR count). The fourth-order valence-electron chi connectivity index (χ4n) is 1.95. The number of hydrogen-bond acceptors (Lipinski definition) is 3. The van der Waals surface area contributed by atoms with Crippen LogP contribution in [0.1, 0.15) is 31.4 Å². The lowest BCUT2D eigenvalue weighted by Crippen LogP contribution is -2.40. The first-order chi connectivity index (χ1) is 8.16. The molecule has 0 atom stereocenters. The van der Waals surface area contributed by atoms with Crippen molar-refractivity contribution in [1.82, 2.24) is 4.90 Å². The Morgan fingerprint density at radius 2 is 2.00 bits per heavy atom. The second kappa shape index (κ2) is 5.36. The summed E-state index contributed by atoms with van der Waals surface area (Å²) in [5, 5.41) is 0.574. The molecule has 1 aromatic heterocycles. The molecular weight excluding hydrogens is 242 g/mol. The van der Waals surface area contributed by atoms with Crippen LogP contribution >= 0.6 is 11.6 Å². The van der Waals surface area contributed by atoms with E-state index in [-0.39, 0.29) is 11.8 Å². The zero-order valence-corrected chi connectivity index (χ0v) is 10.2. The standard InChI is InChI=1S/C12H14ClNO3/c13-9-7-10(17-8-9)3-2-6-14-11(15)4-1-5-12(14)16/h7-8H,1-6H2. The van der Waals surface area contributed by atoms with Crippen LogP contribution in [0, 0.1) is 0 Å². The topological polar surface area (TPSA) is 50.5 Å². The highest BCUT2D eigenvalue weighted by atomic mass is 35.5. The summed E-state index contributed by atoms with van der Waals surface area (Å²) in [6, 6.07) is 1.75. The van der Waals surface area contributed by atoms with Crippen molar-refractivity contribution in [2.75, 3.05) is 6.54 Å². The van der Waals surface area contributed by atoms with E-state index in [0.717, 1.165) is 5.76 Å². The van der Waals surface area contributed by atoms with E-state index < -0.39 is 0 Å². The maximum Gasteiger partial charge on any atom is 0.229 e. The Bertz CT molecular complexity index is 411. The molecule has 2 amide bonds. The second-order valence-corrected chi connectivity index (χ2v) is 4.56. The Hall–Kier alpha value is -1.29. The first kappa shape index (κ1) is 12.2. The summed E-state index contributed by atoms with van der Waals surface area (Å²) in [4.78, 5) is 24.4. The number of imide groups is 1. The predicted octanol–water partition coefficient (Wildman–Crippen LogP) is 2.40. The number of carbonyl (C=O) groups is 2. The van der Waals surface area contributed by atoms with Crippen molar-refractivity contribution in [3.05, 3.63) is 23.1 Å². The van der Waals surface area contributed by atoms with Gasteiger partial charge >= 0.3 is 0 Å². The Balaban J connectivity index is 1.81. The number of likely N-dealkylation sites (tertiary alicyclic amines) is 1. The van der Waals surface area contributed by atoms with Gasteiger partial charge in [0.2, 0.25) is 11.8 Å². The largest absolute Gasteiger partial charge is 0.468 e. The Morgan fingerprint density at radius 1 is 1.29 bits per heavy atom. The zero-order valence-electron chi connectivity index (χ0n) is 9.45. The van der Waals surface area contributed by atoms with E-state index >= 15 is 0 Å². The van der Waals surface area contributed by atoms with Gasteiger partial charge in [-0.1, -0.05) is 11.6 Å². The van der Waals surface area contributed by atoms with E-state index in [1.54, 1.807) is 6.07 Å². The van der Waals surface area contributed by atoms with Crippen molar-refractivity contribution >= 4 is 23.4 Å². The number of hydrogen-bond donors (Lipinski definition) is 0. The van der Waals surface area contributed by atoms with Gasteiger partial charge in [0.1, 0.15) is 12.0 Å². The number of rotatable bonds is 4. The third-order valence-corrected chi connectivity index (χ3v) is 3.01. The van der Waals surface area contributed by atoms with Crippen molar-refractivity contribution in [3.8, 4) is 0 Å². The summed E-state index contributed by atoms with van der Waals surface area (Å²) >= 11 is 5.72. The van der Waals surface area contributed by atoms with Gasteiger partial charge in [-0.3, -0.25) is 14.5 Å². The lowest BCUT2D eigenvalue weighted by atomic mass is 10.1. The third-order valence-electron chi connectivity index (χ3n) is 2.81. The molecule has 0 aliphatic carbocycles. The summed E-state index contributed by atoms with van der Waals surface area (Å²) in [5.41, 5.74) is 0. The quantitative estimate of drug-likeness (QED) is 0.777. The van der Waals surface area contributed by atoms with Crippen molar-refractivity contribution in [3.63, 3.8) is 0 Å². The average Bonchev–Trinajstić information content (AvgIpc) is 2.69. The van der Waals surface area contributed by atoms with Crippen LogP contribution in [0.25, 0.3) is 0 Å². The molecule has 4 nitrogen and oxygen atoms in total. The van der Waals surface area contributed by atoms with Crippen LogP contribution in [-0.4, -0.2) is 23.3 Å². The molecule has 0 N–H and O–H groups in total. The Morgan fingerprint density at radius 3 is 2.59 bits per heavy atom. The first-order valence-electron chi connectivity index (χ1n) is 5.73. The monoisotopic (exact) mass is 255 g/mol. The molecule has 1 saturated heterocycles. The maximum absolute atomic E-state index is 11.5. The van der Waals surface area contributed by atoms with Crippen molar-refractivity contribution in [2.45, 2.75) is 32.1 Å². The normalized spacial score (nSPS) is 16.6. The van der Waals surface area contributed by atoms with Gasteiger partial charge in [-0.2, -0.15) is 0 Å². The molecule has 1 aliphatic rings. The molecule has 0 radical (unpaired) electrons. The predicted molar refractivity (Wildman–Crippen MR) is 62.6 cm³/mol. The molecule has 0 saturated carbocycles. The van der Waals surface area contributed by atoms with Crippen molar-refractivity contribution < 1.29 is 14.0 Å². The summed E-state index contributed by atoms with van der Waals surface area (Å²) in [6.07, 6.45) is 4.53. The second-order valence-electron chi connectivity index (χ2n) is 4.13. The van der Waals surface area contributed by atoms with Crippen LogP contribution < -0.4 is 0 Å². The summed E-state index contributed by atoms with van der Waals surface area (Å²) in [5.74, 6) is 0.671. The lowest BCUT2D eigenvalue weighted by Gasteiger charge is -2.24. The van der Waals surface area contributed by atoms with Crippen LogP contribution in [0.15, 0.2) is 16.7 Å². The lowest BCUT2D eigenvalue weighted by molar-refractivity contribution is -0.147. The van der Waals surface area contributed by atoms with E-state index in [0.29, 0.717) is 43.7 Å². The molecule has 92 valence electrons. The number of furan rings is 1. The highest BCUT2D eigenvalue weighted by Gasteiger charge is 2.25. The average molecular weight is 256 g/mol. The number of nitrogens with zero attached hydrogens (tertiary/aromatic N) is 1. The summed E-state index contributed by atoms with van der Waals surface area (Å²) in [6.45, 7) is 0.468. The van der Waals surface area contributed by atoms with Crippen molar-refractivity contribution in [1.29, 1.82) is 0 Å². The zero-order chi connectivity index (χ0) is 12.3. The van der Waals surface area contributed by atoms with Gasteiger partial charge in [0, 0.05) is 25.8 Å². The SMILES string of the molecule is O=C1CCCC(=O)N1CCCc1cc(Cl)co1. The van der Waals surface area contributed by atoms with Crippen LogP contribution in [-0.2, 0) is 16.0 Å². The molecular formula is C12H14ClNO3. The molecule has 1 aliphatic heterocycles. The van der Waals surface area contributed by atoms with E-state index in [9.17, 15) is 9.59 Å². The maximum atomic E-state index is 11.5. The van der Waals surface area contributed by atoms with E-state index in [4.69, 9.17) is 16.0 Å². The summed E-state index contributed by atoms with van der Waals surface area (Å²) < 4.78 is 5.19. The van der Waals surface area contributed by atoms with E-state index in [2.05, 4.69) is 0 Å². The van der Waals surface area contributed by atoms with Gasteiger partial charge in [0.15, 0.2) is 0 Å². The molecule has 0 aromatic carbocycles. The van der Waals surface area contributed by atoms with Crippen LogP contribution in [0.3, 0.4) is 0 Å². The van der Waals surface area contributed by atoms with E-state index in [1.807, 2.05) is 0 Å². The van der Waals surface area contributed by atoms with Crippen molar-refractivity contribution in [2.24, 2.45) is 0 Å². The molecule has 0 unspecified atom stereocenters. The van der Waals surface area contributed by atoms with Crippen LogP contribution in [0.2, 0.25) is 5.02 Å². The number of aryl methyl sites for hydroxylation is 1. The van der Waals surface area contributed by atoms with Gasteiger partial charge < -0.3 is 4.42 Å². The molecule has 17 heavy (non-hydrogen) atoms. The molecule has 0 bridgehead atoms. The fourth-order valence-corrected chi connectivity index (χ4v) is 2.11. The molecule has 0 spiro atoms. The fraction of sp³-hybridized carbons (Fsp3) is 0.500. The Labute approximate surface area is 105 Å². The van der Waals surface area contributed by atoms with Gasteiger partial charge in [-0.15, -0.1) is 0 Å². The minimum atomic E-state index is -0.0567. The smallest absolute Gasteiger partial charge is 0.229 e. The molecule has 2 heterocycles. The minimum Gasteiger partial charge on any atom is -0.468 e. The van der Waals surface area contributed by atoms with Gasteiger partial charge in [0.25, 0.3) is 0 Å². The Kier molecular flexibility index (Phi) is 3.84. The number of halogens is 1. The third kappa shape index (κ3) is 3.09. The van der Waals surface area contributed by atoms with Gasteiger partial charge in [-0.05, 0) is 18.9 Å². The van der Waals surface area contributed by atoms with Gasteiger partial charge in [0.05, 0.1) is 5.02 Å². The highest BCUT2D eigenvalue weighted by molar-refractivity contribution is 6.30. The van der Waals surface area contributed by atoms with Crippen LogP contribution in [0.5, 0.6) is 0 Å². The van der Waals surface area contributed by atoms with E-state index in [1.165, 1.54) is 11.2 Å². The number of carbonyl (C=O) groups excluding carboxylic acids is 2. The minimum absolute atomic E-state index is 0.0567.